The van der Waals surface area contributed by atoms with Crippen molar-refractivity contribution in [1.82, 2.24) is 0 Å². The molecule has 214 valence electrons. The molecule has 41 heavy (non-hydrogen) atoms. The second kappa shape index (κ2) is 11.4. The molecule has 0 bridgehead atoms. The van der Waals surface area contributed by atoms with E-state index >= 15 is 0 Å². The zero-order chi connectivity index (χ0) is 30.0. The lowest BCUT2D eigenvalue weighted by Crippen LogP contribution is -2.16. The largest absolute Gasteiger partial charge is 0.417 e. The number of hydrogen-bond donors (Lipinski definition) is 3. The summed E-state index contributed by atoms with van der Waals surface area (Å²) < 4.78 is 94.7. The summed E-state index contributed by atoms with van der Waals surface area (Å²) in [6, 6.07) is 19.7. The Morgan fingerprint density at radius 3 is 1.95 bits per heavy atom. The van der Waals surface area contributed by atoms with Crippen LogP contribution in [0.4, 0.5) is 30.2 Å². The van der Waals surface area contributed by atoms with Crippen molar-refractivity contribution in [2.45, 2.75) is 22.9 Å². The molecule has 0 atom stereocenters. The molecule has 4 aromatic rings. The Bertz CT molecular complexity index is 1820. The maximum atomic E-state index is 13.1. The Labute approximate surface area is 239 Å². The van der Waals surface area contributed by atoms with Gasteiger partial charge in [-0.15, -0.1) is 0 Å². The molecule has 1 amide bonds. The van der Waals surface area contributed by atoms with Gasteiger partial charge in [-0.3, -0.25) is 14.2 Å². The fourth-order valence-corrected chi connectivity index (χ4v) is 6.03. The highest BCUT2D eigenvalue weighted by molar-refractivity contribution is 7.93. The van der Waals surface area contributed by atoms with E-state index in [1.165, 1.54) is 36.4 Å². The van der Waals surface area contributed by atoms with E-state index in [9.17, 15) is 34.8 Å². The van der Waals surface area contributed by atoms with Crippen molar-refractivity contribution < 1.29 is 34.8 Å². The van der Waals surface area contributed by atoms with Crippen molar-refractivity contribution in [3.63, 3.8) is 0 Å². The van der Waals surface area contributed by atoms with Crippen molar-refractivity contribution >= 4 is 54.6 Å². The average Bonchev–Trinajstić information content (AvgIpc) is 2.91. The van der Waals surface area contributed by atoms with Gasteiger partial charge in [0.05, 0.1) is 26.1 Å². The van der Waals surface area contributed by atoms with Crippen LogP contribution in [0.3, 0.4) is 0 Å². The maximum absolute atomic E-state index is 13.1. The standard InChI is InChI=1S/C27H21ClF3N3O5S2/c1-17-7-8-18(15-25(17)34-41(38,39)21-5-3-2-4-6-21)26(35)32-19-9-12-22(13-10-19)40(36,37)33-20-11-14-24(28)23(16-20)27(29,30)31/h2-16,33-34H,1H3,(H,32,35). The molecule has 0 fully saturated rings. The number of carbonyl (C=O) groups excluding carboxylic acids is 1. The number of nitrogens with one attached hydrogen (secondary N) is 3. The van der Waals surface area contributed by atoms with Gasteiger partial charge in [-0.25, -0.2) is 16.8 Å². The number of aryl methyl sites for hydroxylation is 1. The Hall–Kier alpha value is -4.07. The van der Waals surface area contributed by atoms with Crippen LogP contribution in [-0.4, -0.2) is 22.7 Å². The maximum Gasteiger partial charge on any atom is 0.417 e. The number of sulfonamides is 2. The number of halogens is 4. The summed E-state index contributed by atoms with van der Waals surface area (Å²) in [4.78, 5) is 12.6. The summed E-state index contributed by atoms with van der Waals surface area (Å²) in [6.07, 6.45) is -4.77. The van der Waals surface area contributed by atoms with Gasteiger partial charge in [-0.05, 0) is 79.2 Å². The summed E-state index contributed by atoms with van der Waals surface area (Å²) >= 11 is 5.58. The number of alkyl halides is 3. The number of rotatable bonds is 8. The molecule has 0 aromatic heterocycles. The molecule has 0 aliphatic rings. The molecule has 0 spiro atoms. The normalized spacial score (nSPS) is 12.0. The summed E-state index contributed by atoms with van der Waals surface area (Å²) in [5.41, 5.74) is -0.410. The van der Waals surface area contributed by atoms with Gasteiger partial charge in [-0.1, -0.05) is 35.9 Å². The molecule has 0 saturated carbocycles. The number of benzene rings is 4. The smallest absolute Gasteiger partial charge is 0.322 e. The molecular formula is C27H21ClF3N3O5S2. The lowest BCUT2D eigenvalue weighted by molar-refractivity contribution is -0.137. The topological polar surface area (TPSA) is 121 Å². The van der Waals surface area contributed by atoms with E-state index in [0.717, 1.165) is 24.3 Å². The van der Waals surface area contributed by atoms with Crippen LogP contribution in [0.15, 0.2) is 101 Å². The molecular weight excluding hydrogens is 603 g/mol. The van der Waals surface area contributed by atoms with Crippen LogP contribution in [0.25, 0.3) is 0 Å². The van der Waals surface area contributed by atoms with Gasteiger partial charge in [0.15, 0.2) is 0 Å². The third kappa shape index (κ3) is 7.17. The molecule has 0 radical (unpaired) electrons. The van der Waals surface area contributed by atoms with Crippen LogP contribution < -0.4 is 14.8 Å². The lowest BCUT2D eigenvalue weighted by Gasteiger charge is -2.14. The van der Waals surface area contributed by atoms with Gasteiger partial charge in [0.2, 0.25) is 0 Å². The van der Waals surface area contributed by atoms with E-state index in [-0.39, 0.29) is 32.4 Å². The van der Waals surface area contributed by atoms with E-state index in [1.807, 2.05) is 0 Å². The van der Waals surface area contributed by atoms with E-state index < -0.39 is 42.7 Å². The molecule has 4 rings (SSSR count). The monoisotopic (exact) mass is 623 g/mol. The first-order valence-electron chi connectivity index (χ1n) is 11.7. The van der Waals surface area contributed by atoms with Gasteiger partial charge in [0.25, 0.3) is 26.0 Å². The SMILES string of the molecule is Cc1ccc(C(=O)Nc2ccc(S(=O)(=O)Nc3ccc(Cl)c(C(F)(F)F)c3)cc2)cc1NS(=O)(=O)c1ccccc1. The summed E-state index contributed by atoms with van der Waals surface area (Å²) in [6.45, 7) is 1.67. The Morgan fingerprint density at radius 2 is 1.32 bits per heavy atom. The van der Waals surface area contributed by atoms with E-state index in [1.54, 1.807) is 31.2 Å². The third-order valence-electron chi connectivity index (χ3n) is 5.74. The number of amides is 1. The van der Waals surface area contributed by atoms with Gasteiger partial charge >= 0.3 is 6.18 Å². The quantitative estimate of drug-likeness (QED) is 0.206. The van der Waals surface area contributed by atoms with Crippen molar-refractivity contribution in [3.05, 3.63) is 113 Å². The number of hydrogen-bond acceptors (Lipinski definition) is 5. The number of carbonyl (C=O) groups is 1. The first-order valence-corrected chi connectivity index (χ1v) is 15.0. The Balaban J connectivity index is 1.48. The van der Waals surface area contributed by atoms with Crippen molar-refractivity contribution in [3.8, 4) is 0 Å². The van der Waals surface area contributed by atoms with Crippen LogP contribution in [0.2, 0.25) is 5.02 Å². The predicted molar refractivity (Wildman–Crippen MR) is 150 cm³/mol. The second-order valence-corrected chi connectivity index (χ2v) is 12.5. The van der Waals surface area contributed by atoms with Crippen LogP contribution in [0, 0.1) is 6.92 Å². The molecule has 4 aromatic carbocycles. The van der Waals surface area contributed by atoms with Gasteiger partial charge in [-0.2, -0.15) is 13.2 Å². The minimum Gasteiger partial charge on any atom is -0.322 e. The Kier molecular flexibility index (Phi) is 8.34. The fraction of sp³-hybridized carbons (Fsp3) is 0.0741. The van der Waals surface area contributed by atoms with Crippen LogP contribution in [0.5, 0.6) is 0 Å². The Morgan fingerprint density at radius 1 is 0.732 bits per heavy atom. The molecule has 8 nitrogen and oxygen atoms in total. The summed E-state index contributed by atoms with van der Waals surface area (Å²) in [5, 5.41) is 2.01. The van der Waals surface area contributed by atoms with E-state index in [0.29, 0.717) is 11.6 Å². The summed E-state index contributed by atoms with van der Waals surface area (Å²) in [7, 11) is -8.17. The first kappa shape index (κ1) is 29.9. The van der Waals surface area contributed by atoms with Crippen molar-refractivity contribution in [2.75, 3.05) is 14.8 Å². The zero-order valence-electron chi connectivity index (χ0n) is 21.0. The fourth-order valence-electron chi connectivity index (χ4n) is 3.62. The minimum absolute atomic E-state index is 0.0515. The van der Waals surface area contributed by atoms with E-state index in [2.05, 4.69) is 14.8 Å². The van der Waals surface area contributed by atoms with Gasteiger partial charge < -0.3 is 5.32 Å². The molecule has 14 heteroatoms. The van der Waals surface area contributed by atoms with Crippen molar-refractivity contribution in [2.24, 2.45) is 0 Å². The molecule has 0 heterocycles. The third-order valence-corrected chi connectivity index (χ3v) is 8.85. The minimum atomic E-state index is -4.77. The lowest BCUT2D eigenvalue weighted by atomic mass is 10.1. The highest BCUT2D eigenvalue weighted by Crippen LogP contribution is 2.36. The van der Waals surface area contributed by atoms with Gasteiger partial charge in [0, 0.05) is 16.9 Å². The predicted octanol–water partition coefficient (Wildman–Crippen LogP) is 6.52. The highest BCUT2D eigenvalue weighted by atomic mass is 35.5. The molecule has 0 unspecified atom stereocenters. The number of anilines is 3. The van der Waals surface area contributed by atoms with E-state index in [4.69, 9.17) is 11.6 Å². The zero-order valence-corrected chi connectivity index (χ0v) is 23.4. The van der Waals surface area contributed by atoms with Gasteiger partial charge in [0.1, 0.15) is 0 Å². The van der Waals surface area contributed by atoms with Crippen LogP contribution in [-0.2, 0) is 26.2 Å². The molecule has 0 saturated heterocycles. The summed E-state index contributed by atoms with van der Waals surface area (Å²) in [5.74, 6) is -0.597. The second-order valence-electron chi connectivity index (χ2n) is 8.72. The molecule has 0 aliphatic heterocycles. The molecule has 0 aliphatic carbocycles. The first-order chi connectivity index (χ1) is 19.2. The molecule has 3 N–H and O–H groups in total. The average molecular weight is 624 g/mol. The highest BCUT2D eigenvalue weighted by Gasteiger charge is 2.33. The van der Waals surface area contributed by atoms with Crippen LogP contribution in [0.1, 0.15) is 21.5 Å². The van der Waals surface area contributed by atoms with Crippen LogP contribution >= 0.6 is 11.6 Å². The van der Waals surface area contributed by atoms with Crippen molar-refractivity contribution in [1.29, 1.82) is 0 Å².